The Morgan fingerprint density at radius 3 is 2.51 bits per heavy atom. The number of aromatic nitrogens is 2. The lowest BCUT2D eigenvalue weighted by atomic mass is 9.86. The van der Waals surface area contributed by atoms with Crippen LogP contribution in [-0.4, -0.2) is 64.2 Å². The number of ether oxygens (including phenoxy) is 1. The van der Waals surface area contributed by atoms with E-state index in [9.17, 15) is 15.2 Å². The Morgan fingerprint density at radius 2 is 1.86 bits per heavy atom. The van der Waals surface area contributed by atoms with Crippen molar-refractivity contribution in [1.29, 1.82) is 0 Å². The third-order valence-corrected chi connectivity index (χ3v) is 8.13. The number of nitrogens with one attached hydrogen (secondary N) is 1. The molecule has 2 aromatic carbocycles. The van der Waals surface area contributed by atoms with E-state index in [0.29, 0.717) is 30.2 Å². The fourth-order valence-corrected chi connectivity index (χ4v) is 5.61. The Labute approximate surface area is 251 Å². The van der Waals surface area contributed by atoms with Crippen molar-refractivity contribution in [3.63, 3.8) is 0 Å². The van der Waals surface area contributed by atoms with Gasteiger partial charge in [-0.2, -0.15) is 0 Å². The highest BCUT2D eigenvalue weighted by Gasteiger charge is 2.45. The number of likely N-dealkylation sites (N-methyl/N-ethyl adjacent to an activating group) is 1. The molecule has 224 valence electrons. The summed E-state index contributed by atoms with van der Waals surface area (Å²) in [5.74, 6) is 0.219. The van der Waals surface area contributed by atoms with Crippen LogP contribution in [0, 0.1) is 22.0 Å². The molecule has 2 aliphatic heterocycles. The largest absolute Gasteiger partial charge is 0.390 e. The molecule has 0 amide bonds. The van der Waals surface area contributed by atoms with Crippen LogP contribution in [0.15, 0.2) is 72.1 Å². The number of nitro benzene ring substituents is 1. The van der Waals surface area contributed by atoms with Gasteiger partial charge in [0.25, 0.3) is 5.69 Å². The Morgan fingerprint density at radius 1 is 1.19 bits per heavy atom. The average molecular weight is 584 g/mol. The molecule has 11 heteroatoms. The van der Waals surface area contributed by atoms with Crippen LogP contribution < -0.4 is 16.0 Å². The number of aliphatic hydroxyl groups is 1. The number of aliphatic hydroxyl groups excluding tert-OH is 1. The van der Waals surface area contributed by atoms with Gasteiger partial charge in [-0.05, 0) is 42.3 Å². The molecule has 1 fully saturated rings. The Bertz CT molecular complexity index is 1510. The topological polar surface area (TPSA) is 152 Å². The summed E-state index contributed by atoms with van der Waals surface area (Å²) < 4.78 is 6.36. The molecule has 11 nitrogen and oxygen atoms in total. The highest BCUT2D eigenvalue weighted by atomic mass is 16.6. The highest BCUT2D eigenvalue weighted by Crippen LogP contribution is 2.38. The Balaban J connectivity index is 1.12. The predicted octanol–water partition coefficient (Wildman–Crippen LogP) is 4.41. The first-order valence-electron chi connectivity index (χ1n) is 14.4. The number of nitrogens with zero attached hydrogens (tertiary/aromatic N) is 5. The molecule has 43 heavy (non-hydrogen) atoms. The molecule has 0 aliphatic carbocycles. The van der Waals surface area contributed by atoms with Crippen molar-refractivity contribution in [2.75, 3.05) is 30.3 Å². The minimum absolute atomic E-state index is 0.0354. The van der Waals surface area contributed by atoms with E-state index in [0.717, 1.165) is 35.6 Å². The van der Waals surface area contributed by atoms with E-state index in [1.54, 1.807) is 12.1 Å². The third-order valence-electron chi connectivity index (χ3n) is 8.13. The second-order valence-corrected chi connectivity index (χ2v) is 10.9. The number of rotatable bonds is 11. The van der Waals surface area contributed by atoms with Crippen molar-refractivity contribution in [3.8, 4) is 0 Å². The molecular formula is C32H37N7O4. The molecule has 0 bridgehead atoms. The van der Waals surface area contributed by atoms with Crippen LogP contribution in [0.2, 0.25) is 0 Å². The van der Waals surface area contributed by atoms with Gasteiger partial charge in [-0.15, -0.1) is 0 Å². The highest BCUT2D eigenvalue weighted by molar-refractivity contribution is 5.75. The van der Waals surface area contributed by atoms with Gasteiger partial charge in [-0.1, -0.05) is 37.8 Å². The van der Waals surface area contributed by atoms with Gasteiger partial charge >= 0.3 is 0 Å². The maximum Gasteiger partial charge on any atom is 0.269 e. The van der Waals surface area contributed by atoms with E-state index in [2.05, 4.69) is 50.8 Å². The van der Waals surface area contributed by atoms with Gasteiger partial charge in [0.05, 0.1) is 22.8 Å². The zero-order valence-corrected chi connectivity index (χ0v) is 24.3. The van der Waals surface area contributed by atoms with E-state index in [1.807, 2.05) is 37.4 Å². The van der Waals surface area contributed by atoms with Crippen molar-refractivity contribution < 1.29 is 14.8 Å². The van der Waals surface area contributed by atoms with Gasteiger partial charge in [-0.3, -0.25) is 15.1 Å². The summed E-state index contributed by atoms with van der Waals surface area (Å²) in [7, 11) is 0. The summed E-state index contributed by atoms with van der Waals surface area (Å²) in [6.07, 6.45) is 6.37. The molecule has 1 saturated heterocycles. The minimum Gasteiger partial charge on any atom is -0.390 e. The van der Waals surface area contributed by atoms with Crippen molar-refractivity contribution in [2.24, 2.45) is 16.8 Å². The Hall–Kier alpha value is -4.61. The van der Waals surface area contributed by atoms with Crippen LogP contribution >= 0.6 is 0 Å². The normalized spacial score (nSPS) is 22.8. The molecule has 0 radical (unpaired) electrons. The molecule has 3 heterocycles. The predicted molar refractivity (Wildman–Crippen MR) is 169 cm³/mol. The standard InChI is InChI=1S/C32H37N7O4/c1-4-38(25-11-7-22(8-12-25)5-6-23-9-13-26(14-10-23)39(41)42)16-15-34-21(3)31-29(40)20(2)30(43-31)24-17-27-28(35-18-24)32(33)37-19-36-27/h5-14,18-20,24,29-31,34,40H,3-4,15-17H2,1-2H3,(H2,33,36,37)/b6-5+/t20-,24?,29+,30-,31-/m1/s1. The van der Waals surface area contributed by atoms with Crippen LogP contribution in [0.4, 0.5) is 22.9 Å². The number of hydrogen-bond acceptors (Lipinski definition) is 10. The first-order valence-corrected chi connectivity index (χ1v) is 14.4. The Kier molecular flexibility index (Phi) is 9.13. The lowest BCUT2D eigenvalue weighted by molar-refractivity contribution is -0.384. The average Bonchev–Trinajstić information content (AvgIpc) is 3.32. The van der Waals surface area contributed by atoms with Crippen molar-refractivity contribution in [3.05, 3.63) is 94.1 Å². The number of nitrogen functional groups attached to an aromatic ring is 1. The fourth-order valence-electron chi connectivity index (χ4n) is 5.61. The van der Waals surface area contributed by atoms with E-state index in [1.165, 1.54) is 18.5 Å². The van der Waals surface area contributed by atoms with Crippen molar-refractivity contribution in [1.82, 2.24) is 15.3 Å². The van der Waals surface area contributed by atoms with Gasteiger partial charge < -0.3 is 25.8 Å². The number of anilines is 2. The van der Waals surface area contributed by atoms with Crippen LogP contribution in [0.1, 0.15) is 30.7 Å². The van der Waals surface area contributed by atoms with Crippen LogP contribution in [0.25, 0.3) is 12.2 Å². The quantitative estimate of drug-likeness (QED) is 0.169. The van der Waals surface area contributed by atoms with Gasteiger partial charge in [0.2, 0.25) is 0 Å². The number of hydrogen-bond donors (Lipinski definition) is 3. The lowest BCUT2D eigenvalue weighted by Crippen LogP contribution is -2.37. The maximum absolute atomic E-state index is 11.0. The van der Waals surface area contributed by atoms with E-state index < -0.39 is 17.1 Å². The van der Waals surface area contributed by atoms with E-state index in [4.69, 9.17) is 10.5 Å². The van der Waals surface area contributed by atoms with E-state index >= 15 is 0 Å². The van der Waals surface area contributed by atoms with Crippen LogP contribution in [-0.2, 0) is 11.2 Å². The number of fused-ring (bicyclic) bond motifs is 1. The molecule has 3 aromatic rings. The third kappa shape index (κ3) is 6.73. The zero-order chi connectivity index (χ0) is 30.5. The fraction of sp³-hybridized carbons (Fsp3) is 0.344. The monoisotopic (exact) mass is 583 g/mol. The van der Waals surface area contributed by atoms with E-state index in [-0.39, 0.29) is 23.6 Å². The summed E-state index contributed by atoms with van der Waals surface area (Å²) >= 11 is 0. The van der Waals surface area contributed by atoms with Gasteiger partial charge in [-0.25, -0.2) is 9.97 Å². The SMILES string of the molecule is C=C(NCCN(CC)c1ccc(/C=C/c2ccc([N+](=O)[O-])cc2)cc1)[C@H]1O[C@@H](C2C=Nc3c(N)ncnc3C2)[C@H](C)[C@@H]1O. The van der Waals surface area contributed by atoms with Gasteiger partial charge in [0.1, 0.15) is 18.1 Å². The summed E-state index contributed by atoms with van der Waals surface area (Å²) in [5, 5.41) is 25.2. The second-order valence-electron chi connectivity index (χ2n) is 10.9. The molecule has 1 unspecified atom stereocenters. The van der Waals surface area contributed by atoms with Crippen LogP contribution in [0.3, 0.4) is 0 Å². The number of nitro groups is 1. The maximum atomic E-state index is 11.0. The lowest BCUT2D eigenvalue weighted by Gasteiger charge is -2.26. The molecule has 1 aromatic heterocycles. The van der Waals surface area contributed by atoms with Gasteiger partial charge in [0.15, 0.2) is 5.82 Å². The molecule has 0 saturated carbocycles. The first kappa shape index (κ1) is 29.9. The van der Waals surface area contributed by atoms with Crippen molar-refractivity contribution >= 4 is 41.2 Å². The summed E-state index contributed by atoms with van der Waals surface area (Å²) in [5.41, 5.74) is 11.1. The molecule has 0 spiro atoms. The zero-order valence-electron chi connectivity index (χ0n) is 24.3. The summed E-state index contributed by atoms with van der Waals surface area (Å²) in [6.45, 7) is 10.5. The second kappa shape index (κ2) is 13.1. The minimum atomic E-state index is -0.691. The number of non-ortho nitro benzene ring substituents is 1. The molecular weight excluding hydrogens is 546 g/mol. The summed E-state index contributed by atoms with van der Waals surface area (Å²) in [6, 6.07) is 14.7. The van der Waals surface area contributed by atoms with Crippen molar-refractivity contribution in [2.45, 2.75) is 38.6 Å². The first-order chi connectivity index (χ1) is 20.7. The number of aliphatic imine (C=N–C) groups is 1. The molecule has 5 atom stereocenters. The molecule has 5 rings (SSSR count). The molecule has 4 N–H and O–H groups in total. The summed E-state index contributed by atoms with van der Waals surface area (Å²) in [4.78, 5) is 25.5. The number of benzene rings is 2. The van der Waals surface area contributed by atoms with Crippen LogP contribution in [0.5, 0.6) is 0 Å². The smallest absolute Gasteiger partial charge is 0.269 e. The number of nitrogens with two attached hydrogens (primary N) is 1. The molecule has 2 aliphatic rings. The van der Waals surface area contributed by atoms with Gasteiger partial charge in [0, 0.05) is 67.6 Å².